The molecule has 0 spiro atoms. The molecule has 0 aliphatic carbocycles. The van der Waals surface area contributed by atoms with Gasteiger partial charge in [0.1, 0.15) is 5.75 Å². The summed E-state index contributed by atoms with van der Waals surface area (Å²) in [6, 6.07) is 6.40. The lowest BCUT2D eigenvalue weighted by Gasteiger charge is -2.16. The second kappa shape index (κ2) is 5.43. The van der Waals surface area contributed by atoms with E-state index in [0.29, 0.717) is 0 Å². The van der Waals surface area contributed by atoms with Crippen molar-refractivity contribution in [2.75, 3.05) is 7.05 Å². The fourth-order valence-corrected chi connectivity index (χ4v) is 1.75. The first-order chi connectivity index (χ1) is 9.49. The smallest absolute Gasteiger partial charge is 0.354 e. The molecular weight excluding hydrogens is 262 g/mol. The van der Waals surface area contributed by atoms with Gasteiger partial charge in [-0.05, 0) is 17.7 Å². The summed E-state index contributed by atoms with van der Waals surface area (Å²) in [5.74, 6) is -1.58. The number of aromatic nitrogens is 2. The number of carbonyl (C=O) groups is 2. The van der Waals surface area contributed by atoms with Gasteiger partial charge in [0.2, 0.25) is 0 Å². The molecule has 0 unspecified atom stereocenters. The van der Waals surface area contributed by atoms with Crippen LogP contribution in [0.15, 0.2) is 30.6 Å². The highest BCUT2D eigenvalue weighted by Gasteiger charge is 2.22. The molecule has 0 atom stereocenters. The van der Waals surface area contributed by atoms with Crippen molar-refractivity contribution in [2.45, 2.75) is 6.54 Å². The van der Waals surface area contributed by atoms with E-state index in [0.717, 1.165) is 5.56 Å². The van der Waals surface area contributed by atoms with Crippen molar-refractivity contribution in [3.05, 3.63) is 47.5 Å². The number of carboxylic acid groups (broad SMARTS) is 1. The maximum Gasteiger partial charge on any atom is 0.354 e. The summed E-state index contributed by atoms with van der Waals surface area (Å²) in [6.07, 6.45) is 1.17. The van der Waals surface area contributed by atoms with Gasteiger partial charge in [-0.1, -0.05) is 12.1 Å². The average Bonchev–Trinajstić information content (AvgIpc) is 2.90. The van der Waals surface area contributed by atoms with Crippen LogP contribution in [0.5, 0.6) is 5.75 Å². The number of benzene rings is 1. The molecule has 0 fully saturated rings. The Balaban J connectivity index is 2.14. The van der Waals surface area contributed by atoms with Crippen LogP contribution < -0.4 is 0 Å². The molecule has 7 heteroatoms. The number of carbonyl (C=O) groups excluding carboxylic acids is 1. The number of phenolic OH excluding ortho intramolecular Hbond substituents is 1. The fourth-order valence-electron chi connectivity index (χ4n) is 1.75. The number of carboxylic acids is 1. The number of phenols is 1. The van der Waals surface area contributed by atoms with Crippen LogP contribution in [0.4, 0.5) is 0 Å². The van der Waals surface area contributed by atoms with E-state index in [1.807, 2.05) is 0 Å². The van der Waals surface area contributed by atoms with Crippen molar-refractivity contribution >= 4 is 11.9 Å². The molecule has 1 amide bonds. The molecule has 1 aromatic carbocycles. The van der Waals surface area contributed by atoms with Gasteiger partial charge < -0.3 is 20.1 Å². The monoisotopic (exact) mass is 275 g/mol. The van der Waals surface area contributed by atoms with E-state index in [-0.39, 0.29) is 23.7 Å². The second-order valence-electron chi connectivity index (χ2n) is 4.26. The summed E-state index contributed by atoms with van der Waals surface area (Å²) in [5, 5.41) is 18.1. The number of hydrogen-bond donors (Lipinski definition) is 3. The molecule has 0 radical (unpaired) electrons. The second-order valence-corrected chi connectivity index (χ2v) is 4.26. The molecule has 1 heterocycles. The number of aromatic carboxylic acids is 1. The Morgan fingerprint density at radius 1 is 1.30 bits per heavy atom. The predicted molar refractivity (Wildman–Crippen MR) is 69.5 cm³/mol. The highest BCUT2D eigenvalue weighted by Crippen LogP contribution is 2.13. The third-order valence-corrected chi connectivity index (χ3v) is 2.76. The first kappa shape index (κ1) is 13.6. The van der Waals surface area contributed by atoms with E-state index in [4.69, 9.17) is 5.11 Å². The molecule has 0 saturated carbocycles. The minimum Gasteiger partial charge on any atom is -0.508 e. The number of hydrogen-bond acceptors (Lipinski definition) is 4. The Hall–Kier alpha value is -2.83. The quantitative estimate of drug-likeness (QED) is 0.774. The molecule has 1 aromatic heterocycles. The predicted octanol–water partition coefficient (Wildman–Crippen LogP) is 1.09. The Morgan fingerprint density at radius 2 is 1.95 bits per heavy atom. The standard InChI is InChI=1S/C13H13N3O4/c1-16(6-8-2-4-9(17)5-3-8)12(18)10-11(13(19)20)15-7-14-10/h2-5,7,17H,6H2,1H3,(H,14,15)(H,19,20). The maximum absolute atomic E-state index is 12.1. The normalized spacial score (nSPS) is 10.2. The van der Waals surface area contributed by atoms with Gasteiger partial charge in [-0.3, -0.25) is 4.79 Å². The fraction of sp³-hybridized carbons (Fsp3) is 0.154. The third-order valence-electron chi connectivity index (χ3n) is 2.76. The van der Waals surface area contributed by atoms with E-state index in [1.54, 1.807) is 19.2 Å². The van der Waals surface area contributed by atoms with Crippen LogP contribution in [0.25, 0.3) is 0 Å². The molecule has 0 aliphatic heterocycles. The molecule has 2 aromatic rings. The highest BCUT2D eigenvalue weighted by atomic mass is 16.4. The molecule has 7 nitrogen and oxygen atoms in total. The van der Waals surface area contributed by atoms with Crippen LogP contribution in [0, 0.1) is 0 Å². The van der Waals surface area contributed by atoms with E-state index < -0.39 is 11.9 Å². The minimum absolute atomic E-state index is 0.126. The number of amides is 1. The Kier molecular flexibility index (Phi) is 3.69. The van der Waals surface area contributed by atoms with E-state index >= 15 is 0 Å². The zero-order valence-electron chi connectivity index (χ0n) is 10.7. The van der Waals surface area contributed by atoms with Crippen LogP contribution in [0.3, 0.4) is 0 Å². The van der Waals surface area contributed by atoms with Crippen molar-refractivity contribution in [2.24, 2.45) is 0 Å². The zero-order valence-corrected chi connectivity index (χ0v) is 10.7. The average molecular weight is 275 g/mol. The van der Waals surface area contributed by atoms with Gasteiger partial charge in [0.15, 0.2) is 11.4 Å². The van der Waals surface area contributed by atoms with E-state index in [1.165, 1.54) is 23.4 Å². The van der Waals surface area contributed by atoms with Crippen LogP contribution in [-0.2, 0) is 6.54 Å². The molecule has 0 aliphatic rings. The van der Waals surface area contributed by atoms with Crippen molar-refractivity contribution in [3.8, 4) is 5.75 Å². The number of H-pyrrole nitrogens is 1. The van der Waals surface area contributed by atoms with E-state index in [2.05, 4.69) is 9.97 Å². The summed E-state index contributed by atoms with van der Waals surface area (Å²) >= 11 is 0. The van der Waals surface area contributed by atoms with Crippen LogP contribution in [-0.4, -0.2) is 44.0 Å². The minimum atomic E-state index is -1.23. The summed E-state index contributed by atoms with van der Waals surface area (Å²) in [4.78, 5) is 30.6. The van der Waals surface area contributed by atoms with Gasteiger partial charge >= 0.3 is 5.97 Å². The molecule has 0 bridgehead atoms. The highest BCUT2D eigenvalue weighted by molar-refractivity contribution is 6.02. The topological polar surface area (TPSA) is 107 Å². The van der Waals surface area contributed by atoms with Crippen LogP contribution in [0.2, 0.25) is 0 Å². The number of nitrogens with zero attached hydrogens (tertiary/aromatic N) is 2. The van der Waals surface area contributed by atoms with Crippen molar-refractivity contribution < 1.29 is 19.8 Å². The SMILES string of the molecule is CN(Cc1ccc(O)cc1)C(=O)c1nc[nH]c1C(=O)O. The summed E-state index contributed by atoms with van der Waals surface area (Å²) < 4.78 is 0. The lowest BCUT2D eigenvalue weighted by Crippen LogP contribution is -2.28. The number of aromatic amines is 1. The number of aromatic hydroxyl groups is 1. The number of rotatable bonds is 4. The van der Waals surface area contributed by atoms with Gasteiger partial charge in [-0.25, -0.2) is 9.78 Å². The summed E-state index contributed by atoms with van der Waals surface area (Å²) in [5.41, 5.74) is 0.456. The van der Waals surface area contributed by atoms with Crippen molar-refractivity contribution in [1.82, 2.24) is 14.9 Å². The lowest BCUT2D eigenvalue weighted by molar-refractivity contribution is 0.0674. The first-order valence-corrected chi connectivity index (χ1v) is 5.79. The third kappa shape index (κ3) is 2.77. The number of imidazole rings is 1. The molecule has 0 saturated heterocycles. The Labute approximate surface area is 114 Å². The van der Waals surface area contributed by atoms with Crippen LogP contribution >= 0.6 is 0 Å². The Bertz CT molecular complexity index is 633. The molecule has 2 rings (SSSR count). The van der Waals surface area contributed by atoms with Gasteiger partial charge in [0, 0.05) is 13.6 Å². The van der Waals surface area contributed by atoms with Crippen LogP contribution in [0.1, 0.15) is 26.5 Å². The lowest BCUT2D eigenvalue weighted by atomic mass is 10.2. The first-order valence-electron chi connectivity index (χ1n) is 5.79. The van der Waals surface area contributed by atoms with Gasteiger partial charge in [0.25, 0.3) is 5.91 Å². The molecule has 104 valence electrons. The zero-order chi connectivity index (χ0) is 14.7. The maximum atomic E-state index is 12.1. The van der Waals surface area contributed by atoms with Gasteiger partial charge in [0.05, 0.1) is 6.33 Å². The van der Waals surface area contributed by atoms with Crippen molar-refractivity contribution in [3.63, 3.8) is 0 Å². The largest absolute Gasteiger partial charge is 0.508 e. The van der Waals surface area contributed by atoms with Crippen molar-refractivity contribution in [1.29, 1.82) is 0 Å². The number of nitrogens with one attached hydrogen (secondary N) is 1. The van der Waals surface area contributed by atoms with Gasteiger partial charge in [-0.2, -0.15) is 0 Å². The molecular formula is C13H13N3O4. The summed E-state index contributed by atoms with van der Waals surface area (Å²) in [7, 11) is 1.55. The Morgan fingerprint density at radius 3 is 2.55 bits per heavy atom. The van der Waals surface area contributed by atoms with Gasteiger partial charge in [-0.15, -0.1) is 0 Å². The van der Waals surface area contributed by atoms with E-state index in [9.17, 15) is 14.7 Å². The summed E-state index contributed by atoms with van der Waals surface area (Å²) in [6.45, 7) is 0.283. The molecule has 3 N–H and O–H groups in total. The molecule has 20 heavy (non-hydrogen) atoms.